The molecule has 0 saturated carbocycles. The van der Waals surface area contributed by atoms with Crippen molar-refractivity contribution in [1.82, 2.24) is 5.01 Å². The number of nitrogens with two attached hydrogens (primary N) is 1. The summed E-state index contributed by atoms with van der Waals surface area (Å²) in [7, 11) is 0. The summed E-state index contributed by atoms with van der Waals surface area (Å²) < 4.78 is 0. The first-order valence-corrected chi connectivity index (χ1v) is 3.93. The molecule has 1 aromatic rings. The number of amides is 1. The van der Waals surface area contributed by atoms with E-state index in [-0.39, 0.29) is 5.91 Å². The molecule has 0 bridgehead atoms. The van der Waals surface area contributed by atoms with Crippen LogP contribution in [0.25, 0.3) is 0 Å². The Hall–Kier alpha value is -1.35. The monoisotopic (exact) mass is 162 g/mol. The van der Waals surface area contributed by atoms with Gasteiger partial charge in [-0.2, -0.15) is 0 Å². The van der Waals surface area contributed by atoms with Crippen LogP contribution in [0.1, 0.15) is 15.9 Å². The van der Waals surface area contributed by atoms with Crippen LogP contribution in [0.2, 0.25) is 0 Å². The zero-order valence-corrected chi connectivity index (χ0v) is 6.66. The molecule has 0 spiro atoms. The molecule has 1 aromatic carbocycles. The van der Waals surface area contributed by atoms with E-state index in [2.05, 4.69) is 0 Å². The number of hydrazine groups is 1. The summed E-state index contributed by atoms with van der Waals surface area (Å²) in [6, 6.07) is 7.59. The number of hydrogen-bond donors (Lipinski definition) is 1. The van der Waals surface area contributed by atoms with Crippen LogP contribution >= 0.6 is 0 Å². The number of hydrogen-bond acceptors (Lipinski definition) is 2. The third-order valence-corrected chi connectivity index (χ3v) is 2.13. The van der Waals surface area contributed by atoms with Crippen LogP contribution in [-0.2, 0) is 6.42 Å². The van der Waals surface area contributed by atoms with Crippen molar-refractivity contribution >= 4 is 5.91 Å². The molecule has 0 atom stereocenters. The van der Waals surface area contributed by atoms with Gasteiger partial charge in [-0.05, 0) is 18.1 Å². The minimum atomic E-state index is -0.0724. The molecule has 12 heavy (non-hydrogen) atoms. The Labute approximate surface area is 70.8 Å². The lowest BCUT2D eigenvalue weighted by Crippen LogP contribution is -2.42. The van der Waals surface area contributed by atoms with E-state index in [0.717, 1.165) is 17.5 Å². The summed E-state index contributed by atoms with van der Waals surface area (Å²) in [4.78, 5) is 11.4. The van der Waals surface area contributed by atoms with Gasteiger partial charge in [-0.1, -0.05) is 18.2 Å². The van der Waals surface area contributed by atoms with Gasteiger partial charge in [-0.3, -0.25) is 9.80 Å². The Morgan fingerprint density at radius 1 is 1.33 bits per heavy atom. The number of carbonyl (C=O) groups is 1. The maximum atomic E-state index is 11.4. The topological polar surface area (TPSA) is 46.3 Å². The van der Waals surface area contributed by atoms with Crippen LogP contribution < -0.4 is 5.84 Å². The van der Waals surface area contributed by atoms with Crippen molar-refractivity contribution in [3.8, 4) is 0 Å². The smallest absolute Gasteiger partial charge is 0.268 e. The molecule has 0 unspecified atom stereocenters. The van der Waals surface area contributed by atoms with E-state index in [1.54, 1.807) is 0 Å². The molecular formula is C9H10N2O. The van der Waals surface area contributed by atoms with E-state index in [0.29, 0.717) is 6.54 Å². The summed E-state index contributed by atoms with van der Waals surface area (Å²) in [6.45, 7) is 0.621. The molecule has 2 rings (SSSR count). The average molecular weight is 162 g/mol. The zero-order valence-electron chi connectivity index (χ0n) is 6.66. The lowest BCUT2D eigenvalue weighted by Gasteiger charge is -2.23. The van der Waals surface area contributed by atoms with Crippen molar-refractivity contribution in [2.45, 2.75) is 6.42 Å². The van der Waals surface area contributed by atoms with Crippen LogP contribution in [0.3, 0.4) is 0 Å². The summed E-state index contributed by atoms with van der Waals surface area (Å²) in [6.07, 6.45) is 0.860. The van der Waals surface area contributed by atoms with Gasteiger partial charge in [0.2, 0.25) is 0 Å². The van der Waals surface area contributed by atoms with Gasteiger partial charge in [-0.15, -0.1) is 0 Å². The summed E-state index contributed by atoms with van der Waals surface area (Å²) in [5, 5.41) is 1.27. The second kappa shape index (κ2) is 2.60. The molecular weight excluding hydrogens is 152 g/mol. The van der Waals surface area contributed by atoms with Crippen LogP contribution in [0.5, 0.6) is 0 Å². The molecule has 0 radical (unpaired) electrons. The van der Waals surface area contributed by atoms with Crippen LogP contribution in [-0.4, -0.2) is 17.5 Å². The summed E-state index contributed by atoms with van der Waals surface area (Å²) >= 11 is 0. The summed E-state index contributed by atoms with van der Waals surface area (Å²) in [5.74, 6) is 5.40. The Kier molecular flexibility index (Phi) is 1.59. The normalized spacial score (nSPS) is 16.1. The van der Waals surface area contributed by atoms with Crippen LogP contribution in [0, 0.1) is 0 Å². The number of fused-ring (bicyclic) bond motifs is 1. The fourth-order valence-electron chi connectivity index (χ4n) is 1.44. The highest BCUT2D eigenvalue weighted by Crippen LogP contribution is 2.15. The van der Waals surface area contributed by atoms with Gasteiger partial charge in [0, 0.05) is 12.1 Å². The molecule has 0 saturated heterocycles. The lowest BCUT2D eigenvalue weighted by molar-refractivity contribution is 0.0740. The Morgan fingerprint density at radius 2 is 2.08 bits per heavy atom. The van der Waals surface area contributed by atoms with E-state index in [4.69, 9.17) is 5.84 Å². The van der Waals surface area contributed by atoms with Crippen LogP contribution in [0.15, 0.2) is 24.3 Å². The second-order valence-corrected chi connectivity index (χ2v) is 2.91. The third-order valence-electron chi connectivity index (χ3n) is 2.13. The van der Waals surface area contributed by atoms with E-state index in [1.807, 2.05) is 24.3 Å². The first kappa shape index (κ1) is 7.31. The molecule has 1 aliphatic heterocycles. The molecule has 0 aromatic heterocycles. The number of rotatable bonds is 0. The maximum Gasteiger partial charge on any atom is 0.268 e. The molecule has 0 aliphatic carbocycles. The van der Waals surface area contributed by atoms with Gasteiger partial charge in [0.25, 0.3) is 5.91 Å². The van der Waals surface area contributed by atoms with E-state index >= 15 is 0 Å². The quantitative estimate of drug-likeness (QED) is 0.447. The molecule has 1 aliphatic rings. The Morgan fingerprint density at radius 3 is 2.92 bits per heavy atom. The largest absolute Gasteiger partial charge is 0.276 e. The van der Waals surface area contributed by atoms with Crippen molar-refractivity contribution in [3.63, 3.8) is 0 Å². The number of carbonyl (C=O) groups excluding carboxylic acids is 1. The van der Waals surface area contributed by atoms with Crippen molar-refractivity contribution in [2.75, 3.05) is 6.54 Å². The van der Waals surface area contributed by atoms with Crippen molar-refractivity contribution in [3.05, 3.63) is 35.4 Å². The molecule has 3 nitrogen and oxygen atoms in total. The predicted molar refractivity (Wildman–Crippen MR) is 45.4 cm³/mol. The fourth-order valence-corrected chi connectivity index (χ4v) is 1.44. The highest BCUT2D eigenvalue weighted by Gasteiger charge is 2.20. The highest BCUT2D eigenvalue weighted by atomic mass is 16.2. The van der Waals surface area contributed by atoms with E-state index < -0.39 is 0 Å². The van der Waals surface area contributed by atoms with Gasteiger partial charge in [0.15, 0.2) is 0 Å². The fraction of sp³-hybridized carbons (Fsp3) is 0.222. The van der Waals surface area contributed by atoms with Gasteiger partial charge >= 0.3 is 0 Å². The molecule has 2 N–H and O–H groups in total. The number of benzene rings is 1. The molecule has 0 fully saturated rings. The standard InChI is InChI=1S/C9H10N2O/c10-11-6-5-7-3-1-2-4-8(7)9(11)12/h1-4H,5-6,10H2. The molecule has 3 heteroatoms. The summed E-state index contributed by atoms with van der Waals surface area (Å²) in [5.41, 5.74) is 1.84. The van der Waals surface area contributed by atoms with Gasteiger partial charge < -0.3 is 0 Å². The van der Waals surface area contributed by atoms with Gasteiger partial charge in [-0.25, -0.2) is 5.84 Å². The minimum Gasteiger partial charge on any atom is -0.276 e. The van der Waals surface area contributed by atoms with Crippen molar-refractivity contribution in [1.29, 1.82) is 0 Å². The molecule has 1 amide bonds. The van der Waals surface area contributed by atoms with Crippen LogP contribution in [0.4, 0.5) is 0 Å². The first-order chi connectivity index (χ1) is 5.79. The maximum absolute atomic E-state index is 11.4. The lowest BCUT2D eigenvalue weighted by atomic mass is 10.0. The SMILES string of the molecule is NN1CCc2ccccc2C1=O. The van der Waals surface area contributed by atoms with Crippen molar-refractivity contribution in [2.24, 2.45) is 5.84 Å². The van der Waals surface area contributed by atoms with E-state index in [9.17, 15) is 4.79 Å². The Bertz CT molecular complexity index is 322. The molecule has 1 heterocycles. The van der Waals surface area contributed by atoms with Gasteiger partial charge in [0.05, 0.1) is 0 Å². The molecule has 62 valence electrons. The predicted octanol–water partition coefficient (Wildman–Crippen LogP) is 0.559. The van der Waals surface area contributed by atoms with Crippen molar-refractivity contribution < 1.29 is 4.79 Å². The number of nitrogens with zero attached hydrogens (tertiary/aromatic N) is 1. The first-order valence-electron chi connectivity index (χ1n) is 3.93. The third kappa shape index (κ3) is 0.987. The minimum absolute atomic E-state index is 0.0724. The van der Waals surface area contributed by atoms with E-state index in [1.165, 1.54) is 5.01 Å². The van der Waals surface area contributed by atoms with Gasteiger partial charge in [0.1, 0.15) is 0 Å². The second-order valence-electron chi connectivity index (χ2n) is 2.91. The average Bonchev–Trinajstić information content (AvgIpc) is 2.12. The zero-order chi connectivity index (χ0) is 8.55. The Balaban J connectivity index is 2.49. The highest BCUT2D eigenvalue weighted by molar-refractivity contribution is 5.96.